The largest absolute Gasteiger partial charge is 0.491 e. The van der Waals surface area contributed by atoms with Crippen molar-refractivity contribution in [1.82, 2.24) is 15.0 Å². The Morgan fingerprint density at radius 1 is 1.00 bits per heavy atom. The van der Waals surface area contributed by atoms with E-state index < -0.39 is 0 Å². The van der Waals surface area contributed by atoms with Crippen molar-refractivity contribution in [2.45, 2.75) is 18.8 Å². The number of pyridine rings is 1. The van der Waals surface area contributed by atoms with E-state index in [0.717, 1.165) is 39.4 Å². The topological polar surface area (TPSA) is 60.0 Å². The first-order valence-corrected chi connectivity index (χ1v) is 10.1. The molecule has 0 spiro atoms. The Bertz CT molecular complexity index is 1050. The zero-order chi connectivity index (χ0) is 20.1. The molecule has 0 saturated heterocycles. The van der Waals surface area contributed by atoms with Gasteiger partial charge in [0.1, 0.15) is 23.4 Å². The Hall–Kier alpha value is -2.83. The molecule has 1 unspecified atom stereocenters. The number of aromatic amines is 1. The standard InChI is InChI=1S/C23H23N3O2S/c1-16-20(28-14-13-27-15-17-7-3-2-4-8-17)11-12-24-21(16)22(29)23-25-18-9-5-6-10-19(18)26-23/h2-12,22,29H,13-15H2,1H3,(H,25,26). The number of nitrogens with zero attached hydrogens (tertiary/aromatic N) is 2. The highest BCUT2D eigenvalue weighted by molar-refractivity contribution is 7.80. The molecule has 0 fully saturated rings. The van der Waals surface area contributed by atoms with Crippen LogP contribution >= 0.6 is 12.6 Å². The van der Waals surface area contributed by atoms with Crippen molar-refractivity contribution in [2.75, 3.05) is 13.2 Å². The number of hydrogen-bond donors (Lipinski definition) is 2. The van der Waals surface area contributed by atoms with Gasteiger partial charge in [0, 0.05) is 11.8 Å². The molecule has 0 aliphatic rings. The van der Waals surface area contributed by atoms with E-state index in [4.69, 9.17) is 22.1 Å². The van der Waals surface area contributed by atoms with Crippen LogP contribution in [-0.2, 0) is 11.3 Å². The predicted octanol–water partition coefficient (Wildman–Crippen LogP) is 4.88. The molecule has 2 heterocycles. The van der Waals surface area contributed by atoms with Gasteiger partial charge in [0.05, 0.1) is 29.9 Å². The Morgan fingerprint density at radius 2 is 1.79 bits per heavy atom. The number of H-pyrrole nitrogens is 1. The summed E-state index contributed by atoms with van der Waals surface area (Å²) in [6.07, 6.45) is 1.74. The number of nitrogens with one attached hydrogen (secondary N) is 1. The smallest absolute Gasteiger partial charge is 0.126 e. The molecule has 0 aliphatic carbocycles. The number of benzene rings is 2. The number of hydrogen-bond acceptors (Lipinski definition) is 5. The normalized spacial score (nSPS) is 12.2. The lowest BCUT2D eigenvalue weighted by Gasteiger charge is -2.15. The van der Waals surface area contributed by atoms with Gasteiger partial charge in [-0.2, -0.15) is 12.6 Å². The van der Waals surface area contributed by atoms with Crippen LogP contribution in [0.25, 0.3) is 11.0 Å². The van der Waals surface area contributed by atoms with E-state index in [-0.39, 0.29) is 5.25 Å². The van der Waals surface area contributed by atoms with Crippen molar-refractivity contribution in [3.8, 4) is 5.75 Å². The van der Waals surface area contributed by atoms with E-state index in [1.54, 1.807) is 6.20 Å². The number of aromatic nitrogens is 3. The fourth-order valence-electron chi connectivity index (χ4n) is 3.17. The molecule has 0 aliphatic heterocycles. The van der Waals surface area contributed by atoms with E-state index in [1.165, 1.54) is 0 Å². The van der Waals surface area contributed by atoms with Crippen LogP contribution in [0.1, 0.15) is 27.9 Å². The lowest BCUT2D eigenvalue weighted by atomic mass is 10.1. The van der Waals surface area contributed by atoms with Crippen LogP contribution < -0.4 is 4.74 Å². The Balaban J connectivity index is 1.39. The van der Waals surface area contributed by atoms with Crippen molar-refractivity contribution in [2.24, 2.45) is 0 Å². The molecular formula is C23H23N3O2S. The second-order valence-corrected chi connectivity index (χ2v) is 7.26. The first-order valence-electron chi connectivity index (χ1n) is 9.55. The lowest BCUT2D eigenvalue weighted by Crippen LogP contribution is -2.09. The first kappa shape index (κ1) is 19.5. The molecule has 4 aromatic rings. The maximum absolute atomic E-state index is 5.93. The number of rotatable bonds is 8. The summed E-state index contributed by atoms with van der Waals surface area (Å²) in [5, 5.41) is -0.264. The van der Waals surface area contributed by atoms with Crippen molar-refractivity contribution >= 4 is 23.7 Å². The van der Waals surface area contributed by atoms with Gasteiger partial charge in [-0.3, -0.25) is 4.98 Å². The maximum atomic E-state index is 5.93. The van der Waals surface area contributed by atoms with Gasteiger partial charge in [-0.15, -0.1) is 0 Å². The number of fused-ring (bicyclic) bond motifs is 1. The van der Waals surface area contributed by atoms with Gasteiger partial charge in [-0.1, -0.05) is 42.5 Å². The van der Waals surface area contributed by atoms with Crippen LogP contribution in [-0.4, -0.2) is 28.2 Å². The summed E-state index contributed by atoms with van der Waals surface area (Å²) in [5.74, 6) is 1.56. The summed E-state index contributed by atoms with van der Waals surface area (Å²) in [5.41, 5.74) is 4.84. The van der Waals surface area contributed by atoms with Crippen molar-refractivity contribution in [1.29, 1.82) is 0 Å². The highest BCUT2D eigenvalue weighted by Gasteiger charge is 2.19. The molecule has 5 nitrogen and oxygen atoms in total. The average Bonchev–Trinajstić information content (AvgIpc) is 3.19. The van der Waals surface area contributed by atoms with Gasteiger partial charge in [-0.25, -0.2) is 4.98 Å². The van der Waals surface area contributed by atoms with E-state index in [1.807, 2.05) is 67.6 Å². The summed E-state index contributed by atoms with van der Waals surface area (Å²) in [7, 11) is 0. The van der Waals surface area contributed by atoms with Crippen molar-refractivity contribution in [3.05, 3.63) is 89.5 Å². The summed E-state index contributed by atoms with van der Waals surface area (Å²) in [6.45, 7) is 3.56. The van der Waals surface area contributed by atoms with Gasteiger partial charge >= 0.3 is 0 Å². The molecule has 6 heteroatoms. The molecule has 1 atom stereocenters. The second-order valence-electron chi connectivity index (χ2n) is 6.75. The number of para-hydroxylation sites is 2. The van der Waals surface area contributed by atoms with Gasteiger partial charge in [0.2, 0.25) is 0 Å². The summed E-state index contributed by atoms with van der Waals surface area (Å²) < 4.78 is 11.6. The minimum absolute atomic E-state index is 0.264. The molecular weight excluding hydrogens is 382 g/mol. The first-order chi connectivity index (χ1) is 14.2. The molecule has 0 amide bonds. The molecule has 29 heavy (non-hydrogen) atoms. The molecule has 0 bridgehead atoms. The minimum atomic E-state index is -0.264. The highest BCUT2D eigenvalue weighted by Crippen LogP contribution is 2.32. The van der Waals surface area contributed by atoms with E-state index in [0.29, 0.717) is 19.8 Å². The van der Waals surface area contributed by atoms with Crippen LogP contribution in [0.5, 0.6) is 5.75 Å². The monoisotopic (exact) mass is 405 g/mol. The molecule has 2 aromatic heterocycles. The molecule has 0 radical (unpaired) electrons. The van der Waals surface area contributed by atoms with Crippen molar-refractivity contribution in [3.63, 3.8) is 0 Å². The zero-order valence-electron chi connectivity index (χ0n) is 16.2. The summed E-state index contributed by atoms with van der Waals surface area (Å²) in [4.78, 5) is 12.5. The van der Waals surface area contributed by atoms with E-state index >= 15 is 0 Å². The van der Waals surface area contributed by atoms with Gasteiger partial charge in [0.25, 0.3) is 0 Å². The number of thiol groups is 1. The van der Waals surface area contributed by atoms with Crippen LogP contribution in [0, 0.1) is 6.92 Å². The van der Waals surface area contributed by atoms with E-state index in [9.17, 15) is 0 Å². The van der Waals surface area contributed by atoms with Gasteiger partial charge in [0.15, 0.2) is 0 Å². The molecule has 0 saturated carbocycles. The third kappa shape index (κ3) is 4.60. The van der Waals surface area contributed by atoms with Gasteiger partial charge in [-0.05, 0) is 30.7 Å². The Kier molecular flexibility index (Phi) is 6.12. The maximum Gasteiger partial charge on any atom is 0.126 e. The third-order valence-electron chi connectivity index (χ3n) is 4.72. The third-order valence-corrected chi connectivity index (χ3v) is 5.20. The van der Waals surface area contributed by atoms with E-state index in [2.05, 4.69) is 15.0 Å². The van der Waals surface area contributed by atoms with Gasteiger partial charge < -0.3 is 14.5 Å². The Labute approximate surface area is 175 Å². The van der Waals surface area contributed by atoms with Crippen LogP contribution in [0.2, 0.25) is 0 Å². The number of imidazole rings is 1. The predicted molar refractivity (Wildman–Crippen MR) is 117 cm³/mol. The SMILES string of the molecule is Cc1c(OCCOCc2ccccc2)ccnc1C(S)c1nc2ccccc2[nH]1. The molecule has 2 aromatic carbocycles. The molecule has 1 N–H and O–H groups in total. The highest BCUT2D eigenvalue weighted by atomic mass is 32.1. The fourth-order valence-corrected chi connectivity index (χ4v) is 3.55. The second kappa shape index (κ2) is 9.11. The summed E-state index contributed by atoms with van der Waals surface area (Å²) >= 11 is 4.77. The van der Waals surface area contributed by atoms with Crippen molar-refractivity contribution < 1.29 is 9.47 Å². The quantitative estimate of drug-likeness (QED) is 0.324. The van der Waals surface area contributed by atoms with Crippen LogP contribution in [0.4, 0.5) is 0 Å². The van der Waals surface area contributed by atoms with Crippen LogP contribution in [0.15, 0.2) is 66.9 Å². The van der Waals surface area contributed by atoms with Crippen LogP contribution in [0.3, 0.4) is 0 Å². The fraction of sp³-hybridized carbons (Fsp3) is 0.217. The number of ether oxygens (including phenoxy) is 2. The zero-order valence-corrected chi connectivity index (χ0v) is 17.1. The Morgan fingerprint density at radius 3 is 2.62 bits per heavy atom. The minimum Gasteiger partial charge on any atom is -0.491 e. The summed E-state index contributed by atoms with van der Waals surface area (Å²) in [6, 6.07) is 19.9. The lowest BCUT2D eigenvalue weighted by molar-refractivity contribution is 0.0886. The average molecular weight is 406 g/mol. The molecule has 4 rings (SSSR count). The molecule has 148 valence electrons.